The smallest absolute Gasteiger partial charge is 0.0600 e. The van der Waals surface area contributed by atoms with Crippen molar-refractivity contribution in [3.05, 3.63) is 53.6 Å². The lowest BCUT2D eigenvalue weighted by Crippen LogP contribution is -2.18. The van der Waals surface area contributed by atoms with Gasteiger partial charge in [-0.15, -0.1) is 0 Å². The van der Waals surface area contributed by atoms with E-state index in [4.69, 9.17) is 5.73 Å². The number of rotatable bonds is 5. The zero-order valence-corrected chi connectivity index (χ0v) is 12.4. The zero-order valence-electron chi connectivity index (χ0n) is 12.4. The third-order valence-electron chi connectivity index (χ3n) is 3.38. The second-order valence-corrected chi connectivity index (χ2v) is 5.08. The first-order chi connectivity index (χ1) is 9.60. The maximum Gasteiger partial charge on any atom is 0.0600 e. The largest absolute Gasteiger partial charge is 0.367 e. The summed E-state index contributed by atoms with van der Waals surface area (Å²) in [4.78, 5) is 11.1. The number of hydrogen-bond acceptors (Lipinski definition) is 4. The average molecular weight is 270 g/mol. The molecule has 0 aromatic carbocycles. The summed E-state index contributed by atoms with van der Waals surface area (Å²) in [5.41, 5.74) is 10.1. The number of nitrogens with zero attached hydrogens (tertiary/aromatic N) is 3. The molecular formula is C16H22N4. The molecule has 0 aliphatic heterocycles. The van der Waals surface area contributed by atoms with E-state index in [9.17, 15) is 0 Å². The third kappa shape index (κ3) is 3.54. The van der Waals surface area contributed by atoms with Crippen LogP contribution in [0.3, 0.4) is 0 Å². The Morgan fingerprint density at radius 3 is 2.65 bits per heavy atom. The van der Waals surface area contributed by atoms with Crippen LogP contribution in [0, 0.1) is 6.92 Å². The highest BCUT2D eigenvalue weighted by atomic mass is 15.1. The fraction of sp³-hybridized carbons (Fsp3) is 0.375. The maximum atomic E-state index is 5.97. The van der Waals surface area contributed by atoms with E-state index in [0.29, 0.717) is 0 Å². The van der Waals surface area contributed by atoms with Crippen molar-refractivity contribution >= 4 is 5.69 Å². The number of pyridine rings is 2. The molecule has 0 aliphatic carbocycles. The Labute approximate surface area is 120 Å². The van der Waals surface area contributed by atoms with E-state index in [1.54, 1.807) is 0 Å². The van der Waals surface area contributed by atoms with Crippen LogP contribution in [0.1, 0.15) is 36.5 Å². The molecule has 2 aromatic heterocycles. The Morgan fingerprint density at radius 1 is 1.25 bits per heavy atom. The molecule has 0 radical (unpaired) electrons. The molecule has 0 aliphatic rings. The second-order valence-electron chi connectivity index (χ2n) is 5.08. The summed E-state index contributed by atoms with van der Waals surface area (Å²) in [6.07, 6.45) is 2.77. The summed E-state index contributed by atoms with van der Waals surface area (Å²) >= 11 is 0. The highest BCUT2D eigenvalue weighted by Crippen LogP contribution is 2.17. The molecule has 1 atom stereocenters. The van der Waals surface area contributed by atoms with Gasteiger partial charge in [0.1, 0.15) is 0 Å². The summed E-state index contributed by atoms with van der Waals surface area (Å²) < 4.78 is 0. The summed E-state index contributed by atoms with van der Waals surface area (Å²) in [7, 11) is 2.04. The van der Waals surface area contributed by atoms with E-state index in [1.165, 1.54) is 0 Å². The molecule has 4 nitrogen and oxygen atoms in total. The molecule has 2 rings (SSSR count). The lowest BCUT2D eigenvalue weighted by molar-refractivity contribution is 0.675. The summed E-state index contributed by atoms with van der Waals surface area (Å²) in [5, 5.41) is 0. The molecule has 2 heterocycles. The van der Waals surface area contributed by atoms with Crippen LogP contribution in [0.4, 0.5) is 5.69 Å². The molecule has 4 heteroatoms. The highest BCUT2D eigenvalue weighted by molar-refractivity contribution is 5.44. The zero-order chi connectivity index (χ0) is 14.5. The van der Waals surface area contributed by atoms with Crippen molar-refractivity contribution in [2.45, 2.75) is 32.9 Å². The van der Waals surface area contributed by atoms with Crippen LogP contribution in [0.15, 0.2) is 36.5 Å². The van der Waals surface area contributed by atoms with Gasteiger partial charge in [0.2, 0.25) is 0 Å². The van der Waals surface area contributed by atoms with Crippen molar-refractivity contribution in [1.29, 1.82) is 0 Å². The predicted molar refractivity (Wildman–Crippen MR) is 82.5 cm³/mol. The molecular weight excluding hydrogens is 248 g/mol. The first kappa shape index (κ1) is 14.5. The Bertz CT molecular complexity index is 551. The lowest BCUT2D eigenvalue weighted by Gasteiger charge is -2.19. The van der Waals surface area contributed by atoms with E-state index in [0.717, 1.165) is 35.7 Å². The monoisotopic (exact) mass is 270 g/mol. The van der Waals surface area contributed by atoms with Crippen molar-refractivity contribution in [2.75, 3.05) is 11.9 Å². The third-order valence-corrected chi connectivity index (χ3v) is 3.38. The van der Waals surface area contributed by atoms with Crippen LogP contribution < -0.4 is 10.6 Å². The van der Waals surface area contributed by atoms with E-state index in [-0.39, 0.29) is 6.04 Å². The van der Waals surface area contributed by atoms with E-state index < -0.39 is 0 Å². The van der Waals surface area contributed by atoms with Gasteiger partial charge in [0.05, 0.1) is 29.8 Å². The minimum absolute atomic E-state index is 0.0211. The van der Waals surface area contributed by atoms with Crippen LogP contribution in [-0.4, -0.2) is 17.0 Å². The molecule has 0 saturated carbocycles. The number of nitrogens with two attached hydrogens (primary N) is 1. The molecule has 0 bridgehead atoms. The van der Waals surface area contributed by atoms with E-state index >= 15 is 0 Å². The van der Waals surface area contributed by atoms with Gasteiger partial charge in [-0.1, -0.05) is 13.0 Å². The SMILES string of the molecule is CC[C@H](N)c1ccc(N(C)Cc2cccc(C)n2)cn1. The number of aromatic nitrogens is 2. The quantitative estimate of drug-likeness (QED) is 0.907. The van der Waals surface area contributed by atoms with Crippen LogP contribution in [0.2, 0.25) is 0 Å². The number of anilines is 1. The van der Waals surface area contributed by atoms with Gasteiger partial charge in [-0.25, -0.2) is 0 Å². The van der Waals surface area contributed by atoms with Gasteiger partial charge >= 0.3 is 0 Å². The number of hydrogen-bond donors (Lipinski definition) is 1. The van der Waals surface area contributed by atoms with Crippen molar-refractivity contribution in [3.63, 3.8) is 0 Å². The van der Waals surface area contributed by atoms with Gasteiger partial charge in [0.15, 0.2) is 0 Å². The molecule has 0 unspecified atom stereocenters. The molecule has 0 spiro atoms. The number of aryl methyl sites for hydroxylation is 1. The van der Waals surface area contributed by atoms with Gasteiger partial charge in [-0.2, -0.15) is 0 Å². The lowest BCUT2D eigenvalue weighted by atomic mass is 10.1. The molecule has 0 saturated heterocycles. The Balaban J connectivity index is 2.07. The minimum atomic E-state index is 0.0211. The standard InChI is InChI=1S/C16H22N4/c1-4-15(17)16-9-8-14(10-18-16)20(3)11-13-7-5-6-12(2)19-13/h5-10,15H,4,11,17H2,1-3H3/t15-/m0/s1. The average Bonchev–Trinajstić information content (AvgIpc) is 2.46. The minimum Gasteiger partial charge on any atom is -0.367 e. The van der Waals surface area contributed by atoms with Crippen LogP contribution >= 0.6 is 0 Å². The van der Waals surface area contributed by atoms with Gasteiger partial charge < -0.3 is 10.6 Å². The fourth-order valence-electron chi connectivity index (χ4n) is 2.07. The van der Waals surface area contributed by atoms with Crippen molar-refractivity contribution in [2.24, 2.45) is 5.73 Å². The second kappa shape index (κ2) is 6.48. The van der Waals surface area contributed by atoms with Gasteiger partial charge in [-0.05, 0) is 37.6 Å². The van der Waals surface area contributed by atoms with Crippen molar-refractivity contribution < 1.29 is 0 Å². The summed E-state index contributed by atoms with van der Waals surface area (Å²) in [6, 6.07) is 10.2. The first-order valence-electron chi connectivity index (χ1n) is 6.95. The summed E-state index contributed by atoms with van der Waals surface area (Å²) in [6.45, 7) is 4.84. The van der Waals surface area contributed by atoms with Crippen molar-refractivity contribution in [1.82, 2.24) is 9.97 Å². The first-order valence-corrected chi connectivity index (χ1v) is 6.95. The van der Waals surface area contributed by atoms with Crippen LogP contribution in [-0.2, 0) is 6.54 Å². The highest BCUT2D eigenvalue weighted by Gasteiger charge is 2.07. The van der Waals surface area contributed by atoms with Gasteiger partial charge in [0, 0.05) is 18.8 Å². The molecule has 0 amide bonds. The Morgan fingerprint density at radius 2 is 2.05 bits per heavy atom. The molecule has 2 aromatic rings. The fourth-order valence-corrected chi connectivity index (χ4v) is 2.07. The molecule has 2 N–H and O–H groups in total. The van der Waals surface area contributed by atoms with Crippen LogP contribution in [0.5, 0.6) is 0 Å². The Kier molecular flexibility index (Phi) is 4.69. The Hall–Kier alpha value is -1.94. The molecule has 0 fully saturated rings. The van der Waals surface area contributed by atoms with E-state index in [1.807, 2.05) is 44.4 Å². The van der Waals surface area contributed by atoms with Gasteiger partial charge in [0.25, 0.3) is 0 Å². The predicted octanol–water partition coefficient (Wildman–Crippen LogP) is 2.83. The van der Waals surface area contributed by atoms with Crippen LogP contribution in [0.25, 0.3) is 0 Å². The normalized spacial score (nSPS) is 12.2. The molecule has 20 heavy (non-hydrogen) atoms. The van der Waals surface area contributed by atoms with Crippen molar-refractivity contribution in [3.8, 4) is 0 Å². The summed E-state index contributed by atoms with van der Waals surface area (Å²) in [5.74, 6) is 0. The van der Waals surface area contributed by atoms with Gasteiger partial charge in [-0.3, -0.25) is 9.97 Å². The van der Waals surface area contributed by atoms with E-state index in [2.05, 4.69) is 27.9 Å². The maximum absolute atomic E-state index is 5.97. The topological polar surface area (TPSA) is 55.0 Å². The molecule has 106 valence electrons.